The molecule has 0 atom stereocenters. The van der Waals surface area contributed by atoms with E-state index in [0.717, 1.165) is 56.3 Å². The molecule has 6 aromatic heterocycles. The Morgan fingerprint density at radius 3 is 0.890 bits per heavy atom. The van der Waals surface area contributed by atoms with Crippen molar-refractivity contribution in [3.05, 3.63) is 376 Å². The quantitative estimate of drug-likeness (QED) is 0.137. The van der Waals surface area contributed by atoms with Gasteiger partial charge >= 0.3 is 0 Å². The molecule has 468 valence electrons. The Morgan fingerprint density at radius 1 is 0.160 bits per heavy atom. The molecular weight excluding hydrogens is 1210 g/mol. The second kappa shape index (κ2) is 24.3. The topological polar surface area (TPSA) is 45.5 Å². The molecule has 6 heteroatoms. The average Bonchev–Trinajstić information content (AvgIpc) is 1.60. The van der Waals surface area contributed by atoms with E-state index in [1.54, 1.807) is 0 Å². The summed E-state index contributed by atoms with van der Waals surface area (Å²) >= 11 is 0. The second-order valence-electron chi connectivity index (χ2n) is 25.7. The fourth-order valence-electron chi connectivity index (χ4n) is 15.2. The first-order chi connectivity index (χ1) is 49.6. The van der Waals surface area contributed by atoms with E-state index in [1.165, 1.54) is 121 Å². The summed E-state index contributed by atoms with van der Waals surface area (Å²) in [4.78, 5) is 9.74. The molecule has 0 unspecified atom stereocenters. The smallest absolute Gasteiger partial charge is 0.0709 e. The molecule has 0 N–H and O–H groups in total. The molecular formula is C94H62N6. The lowest BCUT2D eigenvalue weighted by Gasteiger charge is -2.11. The molecule has 0 bridgehead atoms. The van der Waals surface area contributed by atoms with E-state index in [2.05, 4.69) is 364 Å². The van der Waals surface area contributed by atoms with Gasteiger partial charge in [0.05, 0.1) is 61.2 Å². The maximum atomic E-state index is 4.99. The van der Waals surface area contributed by atoms with Gasteiger partial charge in [0.2, 0.25) is 0 Å². The van der Waals surface area contributed by atoms with Crippen molar-refractivity contribution < 1.29 is 0 Å². The Hall–Kier alpha value is -13.4. The van der Waals surface area contributed by atoms with Crippen LogP contribution in [0.2, 0.25) is 0 Å². The zero-order valence-electron chi connectivity index (χ0n) is 54.5. The van der Waals surface area contributed by atoms with Gasteiger partial charge in [0.15, 0.2) is 0 Å². The highest BCUT2D eigenvalue weighted by Crippen LogP contribution is 2.42. The summed E-state index contributed by atoms with van der Waals surface area (Å²) in [7, 11) is 0. The van der Waals surface area contributed by atoms with Crippen LogP contribution in [0.1, 0.15) is 0 Å². The van der Waals surface area contributed by atoms with Crippen molar-refractivity contribution in [2.45, 2.75) is 0 Å². The van der Waals surface area contributed by atoms with Gasteiger partial charge < -0.3 is 18.3 Å². The summed E-state index contributed by atoms with van der Waals surface area (Å²) in [5.41, 5.74) is 27.5. The molecule has 20 rings (SSSR count). The monoisotopic (exact) mass is 1270 g/mol. The highest BCUT2D eigenvalue weighted by Gasteiger charge is 2.20. The van der Waals surface area contributed by atoms with E-state index in [4.69, 9.17) is 9.97 Å². The minimum atomic E-state index is 0.966. The molecule has 0 aliphatic heterocycles. The lowest BCUT2D eigenvalue weighted by molar-refractivity contribution is 1.18. The molecule has 6 nitrogen and oxygen atoms in total. The predicted octanol–water partition coefficient (Wildman–Crippen LogP) is 24.6. The molecule has 14 aromatic carbocycles. The third-order valence-electron chi connectivity index (χ3n) is 19.9. The second-order valence-corrected chi connectivity index (χ2v) is 25.7. The number of aromatic nitrogens is 6. The van der Waals surface area contributed by atoms with Gasteiger partial charge in [-0.15, -0.1) is 0 Å². The van der Waals surface area contributed by atoms with Gasteiger partial charge in [0.1, 0.15) is 0 Å². The summed E-state index contributed by atoms with van der Waals surface area (Å²) in [6.45, 7) is 0. The number of nitrogens with zero attached hydrogens (tertiary/aromatic N) is 6. The highest BCUT2D eigenvalue weighted by molar-refractivity contribution is 6.14. The molecule has 0 aliphatic rings. The number of hydrogen-bond donors (Lipinski definition) is 0. The molecule has 0 saturated heterocycles. The SMILES string of the molecule is c1ccc(-c2ccc(-c3ccc(-n4c5ccccc5c5cc(-c6ccc7c8ccccc8n(-c8ccccc8)c7c6)ccc54)cc3)cn2)cc1.c1ccc(-c2cccc(-c3ccc(-n4c5ccccc5c5cc(-c6ccc7c8ccccc8n(-c8ccccc8)c7c6)ccc54)cc3)n2)cc1. The molecule has 6 heterocycles. The van der Waals surface area contributed by atoms with Crippen LogP contribution in [0.3, 0.4) is 0 Å². The largest absolute Gasteiger partial charge is 0.309 e. The number of para-hydroxylation sites is 6. The van der Waals surface area contributed by atoms with E-state index >= 15 is 0 Å². The first-order valence-electron chi connectivity index (χ1n) is 34.1. The fourth-order valence-corrected chi connectivity index (χ4v) is 15.2. The number of rotatable bonds is 10. The Bertz CT molecular complexity index is 6460. The zero-order chi connectivity index (χ0) is 66.0. The van der Waals surface area contributed by atoms with E-state index in [9.17, 15) is 0 Å². The number of pyridine rings is 2. The van der Waals surface area contributed by atoms with Gasteiger partial charge in [-0.25, -0.2) is 4.98 Å². The fraction of sp³-hybridized carbons (Fsp3) is 0. The molecule has 0 spiro atoms. The van der Waals surface area contributed by atoms with E-state index in [-0.39, 0.29) is 0 Å². The van der Waals surface area contributed by atoms with Crippen LogP contribution < -0.4 is 0 Å². The van der Waals surface area contributed by atoms with Gasteiger partial charge in [0.25, 0.3) is 0 Å². The molecule has 0 radical (unpaired) electrons. The minimum Gasteiger partial charge on any atom is -0.309 e. The molecule has 0 saturated carbocycles. The lowest BCUT2D eigenvalue weighted by atomic mass is 10.0. The summed E-state index contributed by atoms with van der Waals surface area (Å²) in [6, 6.07) is 133. The van der Waals surface area contributed by atoms with Crippen LogP contribution in [0, 0.1) is 0 Å². The van der Waals surface area contributed by atoms with E-state index in [0.29, 0.717) is 0 Å². The van der Waals surface area contributed by atoms with Crippen LogP contribution in [0.5, 0.6) is 0 Å². The predicted molar refractivity (Wildman–Crippen MR) is 418 cm³/mol. The standard InChI is InChI=1S/2C47H31N3/c1-3-12-32(13-4-1)42-18-11-19-43(48-42)33-22-26-37(27-23-33)49-45-21-10-8-17-39(45)41-30-34(25-29-46(41)49)35-24-28-40-38-16-7-9-20-44(38)50(47(40)31-35)36-14-5-2-6-15-36;1-3-11-33(12-4-1)43-27-22-36(31-48-43)32-19-24-38(25-20-32)49-45-18-10-8-16-40(45)42-29-34(23-28-46(42)49)35-21-26-41-39-15-7-9-17-44(39)50(47(41)30-35)37-13-5-2-6-14-37/h2*1-31H. The van der Waals surface area contributed by atoms with Gasteiger partial charge in [0, 0.05) is 94.3 Å². The van der Waals surface area contributed by atoms with Crippen LogP contribution in [-0.2, 0) is 0 Å². The van der Waals surface area contributed by atoms with Gasteiger partial charge in [-0.1, -0.05) is 243 Å². The van der Waals surface area contributed by atoms with Gasteiger partial charge in [-0.2, -0.15) is 0 Å². The maximum Gasteiger partial charge on any atom is 0.0709 e. The van der Waals surface area contributed by atoms with Gasteiger partial charge in [-0.05, 0) is 155 Å². The maximum absolute atomic E-state index is 4.99. The van der Waals surface area contributed by atoms with Crippen molar-refractivity contribution >= 4 is 87.2 Å². The van der Waals surface area contributed by atoms with E-state index in [1.807, 2.05) is 30.5 Å². The van der Waals surface area contributed by atoms with Crippen LogP contribution in [0.4, 0.5) is 0 Å². The van der Waals surface area contributed by atoms with E-state index < -0.39 is 0 Å². The van der Waals surface area contributed by atoms with Crippen LogP contribution >= 0.6 is 0 Å². The third-order valence-corrected chi connectivity index (χ3v) is 19.9. The Labute approximate surface area is 578 Å². The zero-order valence-corrected chi connectivity index (χ0v) is 54.5. The van der Waals surface area contributed by atoms with Crippen molar-refractivity contribution in [2.24, 2.45) is 0 Å². The van der Waals surface area contributed by atoms with Crippen LogP contribution in [0.15, 0.2) is 376 Å². The van der Waals surface area contributed by atoms with Crippen LogP contribution in [0.25, 0.3) is 177 Å². The molecule has 0 amide bonds. The van der Waals surface area contributed by atoms with Crippen molar-refractivity contribution in [3.8, 4) is 89.9 Å². The highest BCUT2D eigenvalue weighted by atomic mass is 15.0. The summed E-state index contributed by atoms with van der Waals surface area (Å²) in [5, 5.41) is 10.0. The first kappa shape index (κ1) is 58.0. The van der Waals surface area contributed by atoms with Crippen molar-refractivity contribution in [1.82, 2.24) is 28.2 Å². The molecule has 0 aliphatic carbocycles. The Balaban J connectivity index is 0.000000139. The molecule has 0 fully saturated rings. The summed E-state index contributed by atoms with van der Waals surface area (Å²) < 4.78 is 9.53. The average molecular weight is 1280 g/mol. The van der Waals surface area contributed by atoms with Gasteiger partial charge in [-0.3, -0.25) is 4.98 Å². The lowest BCUT2D eigenvalue weighted by Crippen LogP contribution is -1.94. The Kier molecular flexibility index (Phi) is 14.1. The first-order valence-corrected chi connectivity index (χ1v) is 34.1. The normalized spacial score (nSPS) is 11.6. The molecule has 100 heavy (non-hydrogen) atoms. The summed E-state index contributed by atoms with van der Waals surface area (Å²) in [5.74, 6) is 0. The number of fused-ring (bicyclic) bond motifs is 12. The number of benzene rings is 14. The molecule has 20 aromatic rings. The van der Waals surface area contributed by atoms with Crippen molar-refractivity contribution in [2.75, 3.05) is 0 Å². The third kappa shape index (κ3) is 10.0. The Morgan fingerprint density at radius 2 is 0.460 bits per heavy atom. The van der Waals surface area contributed by atoms with Crippen molar-refractivity contribution in [1.29, 1.82) is 0 Å². The summed E-state index contributed by atoms with van der Waals surface area (Å²) in [6.07, 6.45) is 1.97. The van der Waals surface area contributed by atoms with Crippen molar-refractivity contribution in [3.63, 3.8) is 0 Å². The minimum absolute atomic E-state index is 0.966. The number of hydrogen-bond acceptors (Lipinski definition) is 2. The van der Waals surface area contributed by atoms with Crippen LogP contribution in [-0.4, -0.2) is 28.2 Å².